The van der Waals surface area contributed by atoms with Crippen molar-refractivity contribution in [3.8, 4) is 0 Å². The topological polar surface area (TPSA) is 29.5 Å². The molecule has 1 amide bonds. The Bertz CT molecular complexity index is 496. The summed E-state index contributed by atoms with van der Waals surface area (Å²) in [7, 11) is 0. The molecule has 1 heterocycles. The first-order chi connectivity index (χ1) is 10.2. The molecule has 1 aliphatic heterocycles. The molecule has 114 valence electrons. The minimum atomic E-state index is 0.197. The van der Waals surface area contributed by atoms with Crippen LogP contribution < -0.4 is 0 Å². The first-order valence-corrected chi connectivity index (χ1v) is 8.19. The van der Waals surface area contributed by atoms with E-state index >= 15 is 0 Å². The van der Waals surface area contributed by atoms with Crippen LogP contribution in [0, 0.1) is 12.8 Å². The lowest BCUT2D eigenvalue weighted by atomic mass is 9.84. The van der Waals surface area contributed by atoms with E-state index in [0.717, 1.165) is 38.8 Å². The summed E-state index contributed by atoms with van der Waals surface area (Å²) in [6.07, 6.45) is 5.73. The molecule has 1 atom stereocenters. The molecule has 3 heteroatoms. The summed E-state index contributed by atoms with van der Waals surface area (Å²) in [5.74, 6) is 0.672. The van der Waals surface area contributed by atoms with Gasteiger partial charge in [-0.25, -0.2) is 0 Å². The Kier molecular flexibility index (Phi) is 4.59. The number of aryl methyl sites for hydroxylation is 1. The summed E-state index contributed by atoms with van der Waals surface area (Å²) in [4.78, 5) is 14.4. The van der Waals surface area contributed by atoms with Gasteiger partial charge in [0.1, 0.15) is 0 Å². The number of carbonyl (C=O) groups excluding carboxylic acids is 1. The Morgan fingerprint density at radius 1 is 1.24 bits per heavy atom. The minimum Gasteiger partial charge on any atom is -0.372 e. The Balaban J connectivity index is 1.51. The lowest BCUT2D eigenvalue weighted by Crippen LogP contribution is -2.46. The number of carbonyl (C=O) groups is 1. The van der Waals surface area contributed by atoms with E-state index in [2.05, 4.69) is 31.2 Å². The van der Waals surface area contributed by atoms with Gasteiger partial charge in [-0.15, -0.1) is 0 Å². The summed E-state index contributed by atoms with van der Waals surface area (Å²) in [5.41, 5.74) is 2.52. The Hall–Kier alpha value is -1.35. The Morgan fingerprint density at radius 2 is 2.05 bits per heavy atom. The molecule has 2 aliphatic rings. The van der Waals surface area contributed by atoms with Crippen molar-refractivity contribution in [3.05, 3.63) is 35.4 Å². The highest BCUT2D eigenvalue weighted by molar-refractivity contribution is 5.79. The number of nitrogens with zero attached hydrogens (tertiary/aromatic N) is 1. The number of hydrogen-bond acceptors (Lipinski definition) is 2. The summed E-state index contributed by atoms with van der Waals surface area (Å²) in [6.45, 7) is 4.47. The third-order valence-corrected chi connectivity index (χ3v) is 4.88. The molecule has 21 heavy (non-hydrogen) atoms. The number of ether oxygens (including phenoxy) is 1. The number of rotatable bonds is 4. The van der Waals surface area contributed by atoms with Gasteiger partial charge in [-0.3, -0.25) is 4.79 Å². The van der Waals surface area contributed by atoms with E-state index in [1.807, 2.05) is 4.90 Å². The highest BCUT2D eigenvalue weighted by atomic mass is 16.5. The van der Waals surface area contributed by atoms with Crippen LogP contribution in [0.25, 0.3) is 0 Å². The van der Waals surface area contributed by atoms with Crippen LogP contribution in [0.15, 0.2) is 24.3 Å². The third-order valence-electron chi connectivity index (χ3n) is 4.88. The second kappa shape index (κ2) is 6.61. The van der Waals surface area contributed by atoms with Crippen LogP contribution >= 0.6 is 0 Å². The van der Waals surface area contributed by atoms with Crippen LogP contribution in [0.5, 0.6) is 0 Å². The maximum atomic E-state index is 12.3. The number of benzene rings is 1. The maximum Gasteiger partial charge on any atom is 0.225 e. The number of likely N-dealkylation sites (tertiary alicyclic amines) is 1. The van der Waals surface area contributed by atoms with Crippen molar-refractivity contribution in [2.24, 2.45) is 5.92 Å². The largest absolute Gasteiger partial charge is 0.372 e. The molecule has 0 N–H and O–H groups in total. The summed E-state index contributed by atoms with van der Waals surface area (Å²) in [5, 5.41) is 0. The van der Waals surface area contributed by atoms with Crippen LogP contribution in [0.1, 0.15) is 43.2 Å². The summed E-state index contributed by atoms with van der Waals surface area (Å²) < 4.78 is 6.07. The van der Waals surface area contributed by atoms with Gasteiger partial charge in [0, 0.05) is 19.0 Å². The molecule has 1 aromatic rings. The van der Waals surface area contributed by atoms with E-state index in [0.29, 0.717) is 18.4 Å². The summed E-state index contributed by atoms with van der Waals surface area (Å²) in [6, 6.07) is 8.35. The van der Waals surface area contributed by atoms with Crippen molar-refractivity contribution in [3.63, 3.8) is 0 Å². The predicted molar refractivity (Wildman–Crippen MR) is 82.9 cm³/mol. The van der Waals surface area contributed by atoms with Gasteiger partial charge >= 0.3 is 0 Å². The quantitative estimate of drug-likeness (QED) is 0.850. The van der Waals surface area contributed by atoms with E-state index in [-0.39, 0.29) is 6.10 Å². The van der Waals surface area contributed by atoms with E-state index in [1.54, 1.807) is 0 Å². The van der Waals surface area contributed by atoms with Gasteiger partial charge < -0.3 is 9.64 Å². The normalized spacial score (nSPS) is 22.9. The van der Waals surface area contributed by atoms with Gasteiger partial charge in [0.25, 0.3) is 0 Å². The van der Waals surface area contributed by atoms with Crippen LogP contribution in [-0.4, -0.2) is 30.0 Å². The fourth-order valence-electron chi connectivity index (χ4n) is 3.17. The van der Waals surface area contributed by atoms with E-state index in [9.17, 15) is 4.79 Å². The summed E-state index contributed by atoms with van der Waals surface area (Å²) >= 11 is 0. The molecule has 3 nitrogen and oxygen atoms in total. The Morgan fingerprint density at radius 3 is 2.76 bits per heavy atom. The fraction of sp³-hybridized carbons (Fsp3) is 0.611. The molecule has 0 unspecified atom stereocenters. The standard InChI is InChI=1S/C18H25NO2/c1-14-6-2-3-7-16(14)13-21-17-10-5-11-19(12-17)18(20)15-8-4-9-15/h2-3,6-7,15,17H,4-5,8-13H2,1H3/t17-/m1/s1. The van der Waals surface area contributed by atoms with E-state index in [1.165, 1.54) is 17.5 Å². The second-order valence-corrected chi connectivity index (χ2v) is 6.41. The van der Waals surface area contributed by atoms with Crippen LogP contribution in [0.2, 0.25) is 0 Å². The van der Waals surface area contributed by atoms with Crippen molar-refractivity contribution < 1.29 is 9.53 Å². The molecular weight excluding hydrogens is 262 g/mol. The molecule has 0 radical (unpaired) electrons. The van der Waals surface area contributed by atoms with Crippen molar-refractivity contribution >= 4 is 5.91 Å². The van der Waals surface area contributed by atoms with Crippen LogP contribution in [-0.2, 0) is 16.1 Å². The number of amides is 1. The second-order valence-electron chi connectivity index (χ2n) is 6.41. The zero-order chi connectivity index (χ0) is 14.7. The van der Waals surface area contributed by atoms with Crippen LogP contribution in [0.4, 0.5) is 0 Å². The molecular formula is C18H25NO2. The molecule has 0 spiro atoms. The van der Waals surface area contributed by atoms with Gasteiger partial charge in [-0.2, -0.15) is 0 Å². The highest BCUT2D eigenvalue weighted by Gasteiger charge is 2.32. The zero-order valence-electron chi connectivity index (χ0n) is 12.9. The van der Waals surface area contributed by atoms with Crippen molar-refractivity contribution in [2.45, 2.75) is 51.7 Å². The smallest absolute Gasteiger partial charge is 0.225 e. The van der Waals surface area contributed by atoms with Crippen LogP contribution in [0.3, 0.4) is 0 Å². The maximum absolute atomic E-state index is 12.3. The SMILES string of the molecule is Cc1ccccc1CO[C@@H]1CCCN(C(=O)C2CCC2)C1. The van der Waals surface area contributed by atoms with Gasteiger partial charge in [-0.05, 0) is 43.7 Å². The van der Waals surface area contributed by atoms with Crippen molar-refractivity contribution in [1.82, 2.24) is 4.90 Å². The molecule has 0 aromatic heterocycles. The van der Waals surface area contributed by atoms with Gasteiger partial charge in [0.15, 0.2) is 0 Å². The average Bonchev–Trinajstić information content (AvgIpc) is 2.45. The van der Waals surface area contributed by atoms with Gasteiger partial charge in [-0.1, -0.05) is 30.7 Å². The molecule has 2 fully saturated rings. The van der Waals surface area contributed by atoms with Gasteiger partial charge in [0.05, 0.1) is 12.7 Å². The number of hydrogen-bond donors (Lipinski definition) is 0. The zero-order valence-corrected chi connectivity index (χ0v) is 12.9. The fourth-order valence-corrected chi connectivity index (χ4v) is 3.17. The third kappa shape index (κ3) is 3.46. The molecule has 1 aliphatic carbocycles. The first-order valence-electron chi connectivity index (χ1n) is 8.19. The predicted octanol–water partition coefficient (Wildman–Crippen LogP) is 3.30. The molecule has 1 saturated carbocycles. The van der Waals surface area contributed by atoms with E-state index in [4.69, 9.17) is 4.74 Å². The first kappa shape index (κ1) is 14.6. The number of piperidine rings is 1. The van der Waals surface area contributed by atoms with E-state index < -0.39 is 0 Å². The average molecular weight is 287 g/mol. The van der Waals surface area contributed by atoms with Gasteiger partial charge in [0.2, 0.25) is 5.91 Å². The molecule has 1 aromatic carbocycles. The van der Waals surface area contributed by atoms with Crippen molar-refractivity contribution in [2.75, 3.05) is 13.1 Å². The monoisotopic (exact) mass is 287 g/mol. The highest BCUT2D eigenvalue weighted by Crippen LogP contribution is 2.29. The lowest BCUT2D eigenvalue weighted by Gasteiger charge is -2.37. The molecule has 0 bridgehead atoms. The minimum absolute atomic E-state index is 0.197. The molecule has 1 saturated heterocycles. The van der Waals surface area contributed by atoms with Crippen molar-refractivity contribution in [1.29, 1.82) is 0 Å². The molecule has 3 rings (SSSR count). The Labute approximate surface area is 127 Å². The lowest BCUT2D eigenvalue weighted by molar-refractivity contribution is -0.142.